The highest BCUT2D eigenvalue weighted by Gasteiger charge is 2.11. The van der Waals surface area contributed by atoms with Gasteiger partial charge in [0.05, 0.1) is 13.1 Å². The van der Waals surface area contributed by atoms with Gasteiger partial charge in [-0.15, -0.1) is 0 Å². The maximum absolute atomic E-state index is 12.0. The lowest BCUT2D eigenvalue weighted by molar-refractivity contribution is -0.125. The Labute approximate surface area is 140 Å². The van der Waals surface area contributed by atoms with Crippen LogP contribution in [0, 0.1) is 0 Å². The second-order valence-corrected chi connectivity index (χ2v) is 6.55. The third kappa shape index (κ3) is 6.67. The standard InChI is InChI=1S/C19H31N3O/c1-2-19(23)22(15-13-20-17-9-5-3-6-10-17)16-14-21-18-11-7-4-8-12-18/h2H,1,3-16H2. The summed E-state index contributed by atoms with van der Waals surface area (Å²) in [6, 6.07) is 0. The fraction of sp³-hybridized carbons (Fsp3) is 0.737. The number of nitrogens with zero attached hydrogens (tertiary/aromatic N) is 3. The maximum atomic E-state index is 12.0. The van der Waals surface area contributed by atoms with Gasteiger partial charge in [0, 0.05) is 24.5 Å². The lowest BCUT2D eigenvalue weighted by Gasteiger charge is -2.20. The second kappa shape index (κ2) is 10.3. The third-order valence-electron chi connectivity index (χ3n) is 4.76. The van der Waals surface area contributed by atoms with Gasteiger partial charge in [0.15, 0.2) is 0 Å². The van der Waals surface area contributed by atoms with Crippen LogP contribution in [-0.2, 0) is 4.79 Å². The molecule has 0 N–H and O–H groups in total. The van der Waals surface area contributed by atoms with Gasteiger partial charge < -0.3 is 4.90 Å². The van der Waals surface area contributed by atoms with Gasteiger partial charge in [0.2, 0.25) is 5.91 Å². The highest BCUT2D eigenvalue weighted by molar-refractivity contribution is 5.87. The molecule has 2 aliphatic carbocycles. The molecular weight excluding hydrogens is 286 g/mol. The van der Waals surface area contributed by atoms with Crippen LogP contribution in [0.25, 0.3) is 0 Å². The molecule has 0 atom stereocenters. The summed E-state index contributed by atoms with van der Waals surface area (Å²) in [6.07, 6.45) is 13.7. The molecule has 1 amide bonds. The molecule has 0 radical (unpaired) electrons. The van der Waals surface area contributed by atoms with E-state index in [4.69, 9.17) is 9.98 Å². The Kier molecular flexibility index (Phi) is 8.05. The molecule has 2 saturated carbocycles. The van der Waals surface area contributed by atoms with E-state index < -0.39 is 0 Å². The molecule has 2 aliphatic rings. The van der Waals surface area contributed by atoms with Crippen LogP contribution in [-0.4, -0.2) is 48.4 Å². The third-order valence-corrected chi connectivity index (χ3v) is 4.76. The van der Waals surface area contributed by atoms with Crippen LogP contribution in [0.3, 0.4) is 0 Å². The van der Waals surface area contributed by atoms with Crippen LogP contribution >= 0.6 is 0 Å². The minimum atomic E-state index is -0.00214. The highest BCUT2D eigenvalue weighted by atomic mass is 16.2. The first kappa shape index (κ1) is 17.9. The van der Waals surface area contributed by atoms with E-state index in [2.05, 4.69) is 6.58 Å². The molecule has 2 fully saturated rings. The predicted octanol–water partition coefficient (Wildman–Crippen LogP) is 3.81. The van der Waals surface area contributed by atoms with Crippen molar-refractivity contribution in [3.63, 3.8) is 0 Å². The van der Waals surface area contributed by atoms with Crippen LogP contribution in [0.4, 0.5) is 0 Å². The molecule has 0 saturated heterocycles. The molecule has 2 rings (SSSR count). The predicted molar refractivity (Wildman–Crippen MR) is 97.6 cm³/mol. The van der Waals surface area contributed by atoms with E-state index in [1.807, 2.05) is 4.90 Å². The molecule has 0 heterocycles. The zero-order valence-corrected chi connectivity index (χ0v) is 14.4. The van der Waals surface area contributed by atoms with Crippen molar-refractivity contribution < 1.29 is 4.79 Å². The largest absolute Gasteiger partial charge is 0.335 e. The Hall–Kier alpha value is -1.45. The van der Waals surface area contributed by atoms with E-state index in [1.165, 1.54) is 56.0 Å². The zero-order chi connectivity index (χ0) is 16.3. The van der Waals surface area contributed by atoms with Crippen LogP contribution in [0.1, 0.15) is 64.2 Å². The summed E-state index contributed by atoms with van der Waals surface area (Å²) in [6.45, 7) is 6.40. The minimum Gasteiger partial charge on any atom is -0.335 e. The summed E-state index contributed by atoms with van der Waals surface area (Å²) in [5.41, 5.74) is 2.68. The van der Waals surface area contributed by atoms with E-state index in [0.29, 0.717) is 26.2 Å². The van der Waals surface area contributed by atoms with E-state index in [-0.39, 0.29) is 5.91 Å². The Morgan fingerprint density at radius 3 is 1.70 bits per heavy atom. The first-order chi connectivity index (χ1) is 11.3. The molecule has 0 aromatic heterocycles. The Morgan fingerprint density at radius 2 is 1.30 bits per heavy atom. The van der Waals surface area contributed by atoms with Crippen LogP contribution in [0.2, 0.25) is 0 Å². The van der Waals surface area contributed by atoms with Gasteiger partial charge in [-0.3, -0.25) is 14.8 Å². The number of carbonyl (C=O) groups is 1. The molecule has 4 nitrogen and oxygen atoms in total. The van der Waals surface area contributed by atoms with E-state index in [0.717, 1.165) is 25.7 Å². The zero-order valence-electron chi connectivity index (χ0n) is 14.4. The topological polar surface area (TPSA) is 45.0 Å². The molecule has 0 aromatic rings. The summed E-state index contributed by atoms with van der Waals surface area (Å²) in [5.74, 6) is -0.00214. The van der Waals surface area contributed by atoms with Crippen molar-refractivity contribution >= 4 is 17.3 Å². The van der Waals surface area contributed by atoms with Crippen molar-refractivity contribution in [3.8, 4) is 0 Å². The summed E-state index contributed by atoms with van der Waals surface area (Å²) >= 11 is 0. The molecule has 0 spiro atoms. The molecule has 0 aliphatic heterocycles. The Balaban J connectivity index is 1.76. The van der Waals surface area contributed by atoms with Gasteiger partial charge in [-0.05, 0) is 57.4 Å². The Bertz CT molecular complexity index is 406. The fourth-order valence-electron chi connectivity index (χ4n) is 3.35. The number of hydrogen-bond donors (Lipinski definition) is 0. The first-order valence-electron chi connectivity index (χ1n) is 9.25. The average molecular weight is 317 g/mol. The summed E-state index contributed by atoms with van der Waals surface area (Å²) < 4.78 is 0. The van der Waals surface area contributed by atoms with Crippen molar-refractivity contribution in [2.24, 2.45) is 9.98 Å². The number of amides is 1. The smallest absolute Gasteiger partial charge is 0.246 e. The van der Waals surface area contributed by atoms with Gasteiger partial charge in [-0.1, -0.05) is 19.4 Å². The van der Waals surface area contributed by atoms with Gasteiger partial charge in [-0.2, -0.15) is 0 Å². The number of carbonyl (C=O) groups excluding carboxylic acids is 1. The summed E-state index contributed by atoms with van der Waals surface area (Å²) in [5, 5.41) is 0. The molecule has 0 bridgehead atoms. The normalized spacial score (nSPS) is 18.4. The summed E-state index contributed by atoms with van der Waals surface area (Å²) in [7, 11) is 0. The van der Waals surface area contributed by atoms with Crippen LogP contribution in [0.15, 0.2) is 22.6 Å². The van der Waals surface area contributed by atoms with E-state index >= 15 is 0 Å². The molecule has 0 unspecified atom stereocenters. The number of hydrogen-bond acceptors (Lipinski definition) is 3. The molecular formula is C19H31N3O. The van der Waals surface area contributed by atoms with Crippen molar-refractivity contribution in [3.05, 3.63) is 12.7 Å². The van der Waals surface area contributed by atoms with Gasteiger partial charge in [0.1, 0.15) is 0 Å². The lowest BCUT2D eigenvalue weighted by Crippen LogP contribution is -2.34. The second-order valence-electron chi connectivity index (χ2n) is 6.55. The molecule has 128 valence electrons. The van der Waals surface area contributed by atoms with E-state index in [9.17, 15) is 4.79 Å². The van der Waals surface area contributed by atoms with Crippen molar-refractivity contribution in [2.75, 3.05) is 26.2 Å². The minimum absolute atomic E-state index is 0.00214. The molecule has 4 heteroatoms. The SMILES string of the molecule is C=CC(=O)N(CCN=C1CCCCC1)CCN=C1CCCCC1. The number of aliphatic imine (C=N–C) groups is 2. The average Bonchev–Trinajstić information content (AvgIpc) is 2.61. The van der Waals surface area contributed by atoms with Crippen LogP contribution in [0.5, 0.6) is 0 Å². The maximum Gasteiger partial charge on any atom is 0.246 e. The fourth-order valence-corrected chi connectivity index (χ4v) is 3.35. The van der Waals surface area contributed by atoms with E-state index in [1.54, 1.807) is 0 Å². The van der Waals surface area contributed by atoms with Gasteiger partial charge in [-0.25, -0.2) is 0 Å². The van der Waals surface area contributed by atoms with Crippen molar-refractivity contribution in [1.29, 1.82) is 0 Å². The van der Waals surface area contributed by atoms with Gasteiger partial charge in [0.25, 0.3) is 0 Å². The Morgan fingerprint density at radius 1 is 0.870 bits per heavy atom. The highest BCUT2D eigenvalue weighted by Crippen LogP contribution is 2.15. The summed E-state index contributed by atoms with van der Waals surface area (Å²) in [4.78, 5) is 23.2. The first-order valence-corrected chi connectivity index (χ1v) is 9.25. The van der Waals surface area contributed by atoms with Crippen molar-refractivity contribution in [2.45, 2.75) is 64.2 Å². The number of rotatable bonds is 7. The molecule has 0 aromatic carbocycles. The monoisotopic (exact) mass is 317 g/mol. The van der Waals surface area contributed by atoms with Crippen molar-refractivity contribution in [1.82, 2.24) is 4.90 Å². The lowest BCUT2D eigenvalue weighted by atomic mass is 9.98. The van der Waals surface area contributed by atoms with Crippen LogP contribution < -0.4 is 0 Å². The van der Waals surface area contributed by atoms with Gasteiger partial charge >= 0.3 is 0 Å². The quantitative estimate of drug-likeness (QED) is 0.658. The molecule has 23 heavy (non-hydrogen) atoms.